The van der Waals surface area contributed by atoms with E-state index < -0.39 is 6.10 Å². The van der Waals surface area contributed by atoms with Gasteiger partial charge >= 0.3 is 0 Å². The molecule has 1 saturated heterocycles. The Morgan fingerprint density at radius 2 is 2.14 bits per heavy atom. The maximum atomic E-state index is 12.8. The molecule has 1 aromatic rings. The summed E-state index contributed by atoms with van der Waals surface area (Å²) in [5.74, 6) is -0.337. The monoisotopic (exact) mass is 316 g/mol. The third kappa shape index (κ3) is 5.26. The van der Waals surface area contributed by atoms with Gasteiger partial charge in [0.15, 0.2) is 0 Å². The molecule has 1 aliphatic heterocycles. The van der Waals surface area contributed by atoms with Crippen molar-refractivity contribution in [3.8, 4) is 0 Å². The third-order valence-electron chi connectivity index (χ3n) is 3.60. The van der Waals surface area contributed by atoms with Crippen molar-refractivity contribution in [3.05, 3.63) is 35.6 Å². The molecule has 0 saturated carbocycles. The molecule has 1 fully saturated rings. The van der Waals surface area contributed by atoms with Crippen LogP contribution in [-0.2, 0) is 4.79 Å². The zero-order valence-corrected chi connectivity index (χ0v) is 12.8. The van der Waals surface area contributed by atoms with Gasteiger partial charge in [-0.3, -0.25) is 4.79 Å². The molecule has 1 aliphatic rings. The number of aliphatic hydroxyl groups is 1. The van der Waals surface area contributed by atoms with Gasteiger partial charge in [-0.1, -0.05) is 12.1 Å². The highest BCUT2D eigenvalue weighted by Gasteiger charge is 2.23. The average Bonchev–Trinajstić information content (AvgIpc) is 2.93. The largest absolute Gasteiger partial charge is 0.388 e. The van der Waals surface area contributed by atoms with Crippen molar-refractivity contribution in [3.63, 3.8) is 0 Å². The molecule has 3 atom stereocenters. The topological polar surface area (TPSA) is 61.4 Å². The van der Waals surface area contributed by atoms with Crippen molar-refractivity contribution in [2.45, 2.75) is 44.4 Å². The van der Waals surface area contributed by atoms with Crippen LogP contribution in [0.3, 0.4) is 0 Å². The normalized spacial score (nSPS) is 20.4. The summed E-state index contributed by atoms with van der Waals surface area (Å²) in [4.78, 5) is 11.9. The minimum atomic E-state index is -0.706. The number of rotatable bonds is 5. The third-order valence-corrected chi connectivity index (χ3v) is 3.60. The van der Waals surface area contributed by atoms with E-state index in [1.54, 1.807) is 12.1 Å². The van der Waals surface area contributed by atoms with Gasteiger partial charge in [0, 0.05) is 6.04 Å². The maximum absolute atomic E-state index is 12.8. The molecule has 1 heterocycles. The summed E-state index contributed by atoms with van der Waals surface area (Å²) in [5, 5.41) is 16.1. The minimum absolute atomic E-state index is 0. The Morgan fingerprint density at radius 1 is 1.48 bits per heavy atom. The molecule has 0 bridgehead atoms. The smallest absolute Gasteiger partial charge is 0.237 e. The van der Waals surface area contributed by atoms with Crippen molar-refractivity contribution in [2.75, 3.05) is 6.54 Å². The predicted octanol–water partition coefficient (Wildman–Crippen LogP) is 1.93. The number of carbonyl (C=O) groups is 1. The Labute approximate surface area is 130 Å². The first-order valence-electron chi connectivity index (χ1n) is 7.03. The number of hydrogen-bond donors (Lipinski definition) is 3. The lowest BCUT2D eigenvalue weighted by molar-refractivity contribution is -0.123. The number of halogens is 2. The summed E-state index contributed by atoms with van der Waals surface area (Å²) in [7, 11) is 0. The molecule has 0 spiro atoms. The summed E-state index contributed by atoms with van der Waals surface area (Å²) < 4.78 is 12.8. The number of carbonyl (C=O) groups excluding carboxylic acids is 1. The summed E-state index contributed by atoms with van der Waals surface area (Å²) in [6.45, 7) is 2.74. The van der Waals surface area contributed by atoms with Crippen LogP contribution in [0.25, 0.3) is 0 Å². The van der Waals surface area contributed by atoms with Gasteiger partial charge in [-0.2, -0.15) is 0 Å². The summed E-state index contributed by atoms with van der Waals surface area (Å²) in [5.41, 5.74) is 0.659. The molecule has 1 aromatic carbocycles. The van der Waals surface area contributed by atoms with E-state index in [2.05, 4.69) is 10.6 Å². The van der Waals surface area contributed by atoms with E-state index in [9.17, 15) is 14.3 Å². The van der Waals surface area contributed by atoms with Crippen LogP contribution in [0, 0.1) is 5.82 Å². The number of nitrogens with one attached hydrogen (secondary N) is 2. The van der Waals surface area contributed by atoms with Crippen LogP contribution >= 0.6 is 12.4 Å². The van der Waals surface area contributed by atoms with Gasteiger partial charge in [-0.15, -0.1) is 12.4 Å². The fraction of sp³-hybridized carbons (Fsp3) is 0.533. The number of hydrogen-bond acceptors (Lipinski definition) is 3. The molecule has 1 amide bonds. The minimum Gasteiger partial charge on any atom is -0.388 e. The lowest BCUT2D eigenvalue weighted by Crippen LogP contribution is -2.44. The molecular weight excluding hydrogens is 295 g/mol. The van der Waals surface area contributed by atoms with E-state index in [4.69, 9.17) is 0 Å². The van der Waals surface area contributed by atoms with Crippen molar-refractivity contribution in [1.82, 2.24) is 10.6 Å². The van der Waals surface area contributed by atoms with E-state index >= 15 is 0 Å². The number of benzene rings is 1. The highest BCUT2D eigenvalue weighted by molar-refractivity contribution is 5.85. The summed E-state index contributed by atoms with van der Waals surface area (Å²) >= 11 is 0. The summed E-state index contributed by atoms with van der Waals surface area (Å²) in [6, 6.07) is 5.53. The van der Waals surface area contributed by atoms with Crippen LogP contribution in [0.5, 0.6) is 0 Å². The van der Waals surface area contributed by atoms with E-state index in [0.717, 1.165) is 19.4 Å². The lowest BCUT2D eigenvalue weighted by Gasteiger charge is -2.20. The van der Waals surface area contributed by atoms with Gasteiger partial charge in [0.1, 0.15) is 5.82 Å². The molecule has 0 aliphatic carbocycles. The molecular formula is C15H22ClFN2O2. The average molecular weight is 317 g/mol. The molecule has 2 unspecified atom stereocenters. The number of amides is 1. The standard InChI is InChI=1S/C15H21FN2O2.ClH/c1-10(18-15(20)13-3-2-8-17-13)9-14(19)11-4-6-12(16)7-5-11;/h4-7,10,13-14,17,19H,2-3,8-9H2,1H3,(H,18,20);1H/t10?,13-,14?;/m0./s1. The quantitative estimate of drug-likeness (QED) is 0.778. The van der Waals surface area contributed by atoms with Crippen LogP contribution in [0.2, 0.25) is 0 Å². The van der Waals surface area contributed by atoms with Crippen molar-refractivity contribution in [1.29, 1.82) is 0 Å². The molecule has 21 heavy (non-hydrogen) atoms. The molecule has 3 N–H and O–H groups in total. The van der Waals surface area contributed by atoms with Crippen LogP contribution < -0.4 is 10.6 Å². The highest BCUT2D eigenvalue weighted by Crippen LogP contribution is 2.18. The van der Waals surface area contributed by atoms with Gasteiger partial charge in [0.2, 0.25) is 5.91 Å². The van der Waals surface area contributed by atoms with E-state index in [0.29, 0.717) is 12.0 Å². The second-order valence-electron chi connectivity index (χ2n) is 5.36. The van der Waals surface area contributed by atoms with Gasteiger partial charge in [0.25, 0.3) is 0 Å². The first-order valence-corrected chi connectivity index (χ1v) is 7.03. The zero-order chi connectivity index (χ0) is 14.5. The molecule has 6 heteroatoms. The molecule has 0 aromatic heterocycles. The highest BCUT2D eigenvalue weighted by atomic mass is 35.5. The Hall–Kier alpha value is -1.17. The second-order valence-corrected chi connectivity index (χ2v) is 5.36. The molecule has 0 radical (unpaired) electrons. The van der Waals surface area contributed by atoms with Crippen molar-refractivity contribution >= 4 is 18.3 Å². The Bertz CT molecular complexity index is 449. The molecule has 2 rings (SSSR count). The van der Waals surface area contributed by atoms with Crippen LogP contribution in [0.4, 0.5) is 4.39 Å². The van der Waals surface area contributed by atoms with E-state index in [1.165, 1.54) is 12.1 Å². The Morgan fingerprint density at radius 3 is 2.71 bits per heavy atom. The van der Waals surface area contributed by atoms with Gasteiger partial charge < -0.3 is 15.7 Å². The first-order chi connectivity index (χ1) is 9.56. The van der Waals surface area contributed by atoms with Gasteiger partial charge in [0.05, 0.1) is 12.1 Å². The second kappa shape index (κ2) is 8.32. The molecule has 4 nitrogen and oxygen atoms in total. The predicted molar refractivity (Wildman–Crippen MR) is 81.9 cm³/mol. The van der Waals surface area contributed by atoms with Crippen LogP contribution in [0.15, 0.2) is 24.3 Å². The summed E-state index contributed by atoms with van der Waals surface area (Å²) in [6.07, 6.45) is 1.58. The zero-order valence-electron chi connectivity index (χ0n) is 12.0. The van der Waals surface area contributed by atoms with Gasteiger partial charge in [-0.05, 0) is 50.4 Å². The lowest BCUT2D eigenvalue weighted by atomic mass is 10.0. The SMILES string of the molecule is CC(CC(O)c1ccc(F)cc1)NC(=O)[C@@H]1CCCN1.Cl. The fourth-order valence-electron chi connectivity index (χ4n) is 2.47. The van der Waals surface area contributed by atoms with Crippen LogP contribution in [-0.4, -0.2) is 29.6 Å². The number of aliphatic hydroxyl groups excluding tert-OH is 1. The fourth-order valence-corrected chi connectivity index (χ4v) is 2.47. The van der Waals surface area contributed by atoms with Crippen LogP contribution in [0.1, 0.15) is 37.9 Å². The van der Waals surface area contributed by atoms with Crippen molar-refractivity contribution in [2.24, 2.45) is 0 Å². The first kappa shape index (κ1) is 17.9. The Kier molecular flexibility index (Phi) is 7.08. The molecule has 118 valence electrons. The maximum Gasteiger partial charge on any atom is 0.237 e. The van der Waals surface area contributed by atoms with Crippen molar-refractivity contribution < 1.29 is 14.3 Å². The van der Waals surface area contributed by atoms with E-state index in [1.807, 2.05) is 6.92 Å². The van der Waals surface area contributed by atoms with Gasteiger partial charge in [-0.25, -0.2) is 4.39 Å². The van der Waals surface area contributed by atoms with E-state index in [-0.39, 0.29) is 36.2 Å². The Balaban J connectivity index is 0.00000220.